The number of halogens is 1. The summed E-state index contributed by atoms with van der Waals surface area (Å²) in [6, 6.07) is 6.52. The fourth-order valence-electron chi connectivity index (χ4n) is 2.55. The second-order valence-electron chi connectivity index (χ2n) is 6.30. The quantitative estimate of drug-likeness (QED) is 0.798. The molecule has 1 aromatic rings. The molecule has 0 amide bonds. The number of thioether (sulfide) groups is 1. The minimum absolute atomic E-state index is 0.391. The number of nitrogens with zero attached hydrogens (tertiary/aromatic N) is 1. The molecule has 0 unspecified atom stereocenters. The van der Waals surface area contributed by atoms with E-state index in [-0.39, 0.29) is 0 Å². The van der Waals surface area contributed by atoms with E-state index in [1.807, 2.05) is 0 Å². The van der Waals surface area contributed by atoms with E-state index < -0.39 is 0 Å². The first-order chi connectivity index (χ1) is 10.0. The van der Waals surface area contributed by atoms with Gasteiger partial charge in [-0.25, -0.2) is 0 Å². The van der Waals surface area contributed by atoms with Gasteiger partial charge in [0.1, 0.15) is 0 Å². The molecule has 21 heavy (non-hydrogen) atoms. The first-order valence-electron chi connectivity index (χ1n) is 7.90. The van der Waals surface area contributed by atoms with Crippen molar-refractivity contribution >= 4 is 29.1 Å². The maximum atomic E-state index is 6.45. The van der Waals surface area contributed by atoms with Gasteiger partial charge in [0.15, 0.2) is 0 Å². The Balaban J connectivity index is 2.02. The monoisotopic (exact) mass is 326 g/mol. The maximum absolute atomic E-state index is 6.45. The maximum Gasteiger partial charge on any atom is 0.0471 e. The van der Waals surface area contributed by atoms with Gasteiger partial charge in [0.25, 0.3) is 0 Å². The highest BCUT2D eigenvalue weighted by molar-refractivity contribution is 8.00. The summed E-state index contributed by atoms with van der Waals surface area (Å²) in [5, 5.41) is 4.29. The molecule has 1 aliphatic heterocycles. The molecule has 0 saturated carbocycles. The highest BCUT2D eigenvalue weighted by Gasteiger charge is 2.23. The third kappa shape index (κ3) is 5.08. The summed E-state index contributed by atoms with van der Waals surface area (Å²) < 4.78 is 0.391. The van der Waals surface area contributed by atoms with Crippen LogP contribution < -0.4 is 10.2 Å². The molecule has 2 nitrogen and oxygen atoms in total. The number of hydrogen-bond acceptors (Lipinski definition) is 3. The van der Waals surface area contributed by atoms with Crippen molar-refractivity contribution in [1.82, 2.24) is 5.32 Å². The molecule has 1 aromatic carbocycles. The first-order valence-corrected chi connectivity index (χ1v) is 9.26. The molecule has 0 radical (unpaired) electrons. The smallest absolute Gasteiger partial charge is 0.0471 e. The van der Waals surface area contributed by atoms with Crippen molar-refractivity contribution in [3.8, 4) is 0 Å². The zero-order valence-electron chi connectivity index (χ0n) is 13.4. The first kappa shape index (κ1) is 17.0. The third-order valence-electron chi connectivity index (χ3n) is 3.98. The summed E-state index contributed by atoms with van der Waals surface area (Å²) in [5.41, 5.74) is 2.45. The van der Waals surface area contributed by atoms with Crippen LogP contribution in [0.4, 0.5) is 5.69 Å². The molecule has 118 valence electrons. The Morgan fingerprint density at radius 2 is 2.14 bits per heavy atom. The van der Waals surface area contributed by atoms with E-state index in [4.69, 9.17) is 11.6 Å². The molecular formula is C17H27ClN2S. The number of nitrogens with one attached hydrogen (secondary N) is 1. The van der Waals surface area contributed by atoms with Gasteiger partial charge in [-0.05, 0) is 37.1 Å². The minimum Gasteiger partial charge on any atom is -0.371 e. The van der Waals surface area contributed by atoms with E-state index in [1.165, 1.54) is 23.4 Å². The zero-order valence-corrected chi connectivity index (χ0v) is 15.0. The largest absolute Gasteiger partial charge is 0.371 e. The van der Waals surface area contributed by atoms with Crippen LogP contribution in [0.25, 0.3) is 0 Å². The average Bonchev–Trinajstić information content (AvgIpc) is 2.62. The molecule has 0 aromatic heterocycles. The molecule has 0 aliphatic carbocycles. The van der Waals surface area contributed by atoms with Crippen LogP contribution in [-0.4, -0.2) is 30.1 Å². The van der Waals surface area contributed by atoms with Gasteiger partial charge in [0, 0.05) is 40.8 Å². The Hall–Kier alpha value is -0.380. The van der Waals surface area contributed by atoms with Gasteiger partial charge in [-0.3, -0.25) is 0 Å². The topological polar surface area (TPSA) is 15.3 Å². The number of anilines is 1. The van der Waals surface area contributed by atoms with Gasteiger partial charge < -0.3 is 10.2 Å². The van der Waals surface area contributed by atoms with Crippen molar-refractivity contribution in [3.63, 3.8) is 0 Å². The van der Waals surface area contributed by atoms with Crippen LogP contribution in [0, 0.1) is 0 Å². The molecular weight excluding hydrogens is 300 g/mol. The second kappa shape index (κ2) is 7.75. The van der Waals surface area contributed by atoms with Crippen LogP contribution in [0.15, 0.2) is 18.2 Å². The zero-order chi connectivity index (χ0) is 15.3. The van der Waals surface area contributed by atoms with E-state index in [0.29, 0.717) is 4.75 Å². The molecule has 4 heteroatoms. The highest BCUT2D eigenvalue weighted by atomic mass is 35.5. The molecule has 1 aliphatic rings. The average molecular weight is 327 g/mol. The van der Waals surface area contributed by atoms with Gasteiger partial charge in [0.2, 0.25) is 0 Å². The summed E-state index contributed by atoms with van der Waals surface area (Å²) >= 11 is 8.53. The standard InChI is InChI=1S/C17H27ClN2S/c1-4-8-19-13-14-5-6-15(12-16(14)18)20-9-7-17(2,3)21-11-10-20/h5-6,12,19H,4,7-11,13H2,1-3H3. The Labute approximate surface area is 138 Å². The molecule has 0 bridgehead atoms. The summed E-state index contributed by atoms with van der Waals surface area (Å²) in [6.07, 6.45) is 2.37. The highest BCUT2D eigenvalue weighted by Crippen LogP contribution is 2.33. The molecule has 2 rings (SSSR count). The number of rotatable bonds is 5. The third-order valence-corrected chi connectivity index (χ3v) is 5.71. The van der Waals surface area contributed by atoms with E-state index in [0.717, 1.165) is 37.6 Å². The van der Waals surface area contributed by atoms with Crippen molar-refractivity contribution in [1.29, 1.82) is 0 Å². The molecule has 1 fully saturated rings. The van der Waals surface area contributed by atoms with E-state index in [1.54, 1.807) is 0 Å². The molecule has 1 heterocycles. The van der Waals surface area contributed by atoms with Crippen molar-refractivity contribution in [3.05, 3.63) is 28.8 Å². The summed E-state index contributed by atoms with van der Waals surface area (Å²) in [4.78, 5) is 2.47. The molecule has 1 saturated heterocycles. The van der Waals surface area contributed by atoms with Gasteiger partial charge >= 0.3 is 0 Å². The van der Waals surface area contributed by atoms with E-state index in [2.05, 4.69) is 60.9 Å². The number of hydrogen-bond donors (Lipinski definition) is 1. The fourth-order valence-corrected chi connectivity index (χ4v) is 3.90. The Kier molecular flexibility index (Phi) is 6.27. The summed E-state index contributed by atoms with van der Waals surface area (Å²) in [7, 11) is 0. The Bertz CT molecular complexity index is 462. The Morgan fingerprint density at radius 3 is 2.86 bits per heavy atom. The van der Waals surface area contributed by atoms with Gasteiger partial charge in [-0.1, -0.05) is 38.4 Å². The normalized spacial score (nSPS) is 18.6. The van der Waals surface area contributed by atoms with Crippen molar-refractivity contribution in [2.24, 2.45) is 0 Å². The van der Waals surface area contributed by atoms with Crippen LogP contribution in [-0.2, 0) is 6.54 Å². The lowest BCUT2D eigenvalue weighted by atomic mass is 10.1. The molecule has 1 N–H and O–H groups in total. The lowest BCUT2D eigenvalue weighted by Crippen LogP contribution is -2.27. The van der Waals surface area contributed by atoms with Crippen molar-refractivity contribution < 1.29 is 0 Å². The predicted molar refractivity (Wildman–Crippen MR) is 96.8 cm³/mol. The van der Waals surface area contributed by atoms with Gasteiger partial charge in [-0.15, -0.1) is 0 Å². The molecule has 0 atom stereocenters. The second-order valence-corrected chi connectivity index (χ2v) is 8.51. The predicted octanol–water partition coefficient (Wildman–Crippen LogP) is 4.56. The van der Waals surface area contributed by atoms with Crippen LogP contribution in [0.3, 0.4) is 0 Å². The number of benzene rings is 1. The van der Waals surface area contributed by atoms with Crippen molar-refractivity contribution in [2.45, 2.75) is 44.9 Å². The lowest BCUT2D eigenvalue weighted by Gasteiger charge is -2.24. The SMILES string of the molecule is CCCNCc1ccc(N2CCSC(C)(C)CC2)cc1Cl. The van der Waals surface area contributed by atoms with Crippen molar-refractivity contribution in [2.75, 3.05) is 30.3 Å². The lowest BCUT2D eigenvalue weighted by molar-refractivity contribution is 0.637. The van der Waals surface area contributed by atoms with E-state index >= 15 is 0 Å². The van der Waals surface area contributed by atoms with Gasteiger partial charge in [-0.2, -0.15) is 11.8 Å². The summed E-state index contributed by atoms with van der Waals surface area (Å²) in [6.45, 7) is 11.0. The van der Waals surface area contributed by atoms with Crippen LogP contribution >= 0.6 is 23.4 Å². The minimum atomic E-state index is 0.391. The Morgan fingerprint density at radius 1 is 1.33 bits per heavy atom. The van der Waals surface area contributed by atoms with Crippen LogP contribution in [0.1, 0.15) is 39.2 Å². The summed E-state index contributed by atoms with van der Waals surface area (Å²) in [5.74, 6) is 1.18. The van der Waals surface area contributed by atoms with Crippen LogP contribution in [0.2, 0.25) is 5.02 Å². The van der Waals surface area contributed by atoms with Gasteiger partial charge in [0.05, 0.1) is 0 Å². The fraction of sp³-hybridized carbons (Fsp3) is 0.647. The van der Waals surface area contributed by atoms with Crippen LogP contribution in [0.5, 0.6) is 0 Å². The van der Waals surface area contributed by atoms with E-state index in [9.17, 15) is 0 Å². The molecule has 0 spiro atoms.